The third kappa shape index (κ3) is 4.89. The highest BCUT2D eigenvalue weighted by Crippen LogP contribution is 2.32. The number of nitrogens with zero attached hydrogens (tertiary/aromatic N) is 1. The van der Waals surface area contributed by atoms with Gasteiger partial charge in [-0.15, -0.1) is 11.3 Å². The third-order valence-corrected chi connectivity index (χ3v) is 5.20. The Morgan fingerprint density at radius 1 is 1.16 bits per heavy atom. The molecule has 0 saturated heterocycles. The van der Waals surface area contributed by atoms with Gasteiger partial charge in [-0.25, -0.2) is 4.98 Å². The standard InChI is InChI=1S/C19H24N2O3S/c1-4-12-7-9-14(10-8-12)17-15(11-16(22)23)25-19(20-17)21-18(24)13(5-2)6-3/h7-10,13H,4-6,11H2,1-3H3,(H,22,23)(H,20,21,24). The second-order valence-electron chi connectivity index (χ2n) is 5.91. The lowest BCUT2D eigenvalue weighted by molar-refractivity contribution is -0.136. The molecule has 134 valence electrons. The predicted molar refractivity (Wildman–Crippen MR) is 101 cm³/mol. The molecule has 0 aliphatic heterocycles. The Morgan fingerprint density at radius 2 is 1.80 bits per heavy atom. The summed E-state index contributed by atoms with van der Waals surface area (Å²) in [6.07, 6.45) is 2.36. The molecule has 2 aromatic rings. The molecule has 0 spiro atoms. The van der Waals surface area contributed by atoms with Gasteiger partial charge in [0, 0.05) is 16.4 Å². The molecule has 0 saturated carbocycles. The van der Waals surface area contributed by atoms with E-state index in [0.29, 0.717) is 15.7 Å². The van der Waals surface area contributed by atoms with Gasteiger partial charge >= 0.3 is 5.97 Å². The number of carboxylic acid groups (broad SMARTS) is 1. The minimum absolute atomic E-state index is 0.0564. The molecule has 1 heterocycles. The monoisotopic (exact) mass is 360 g/mol. The van der Waals surface area contributed by atoms with Crippen molar-refractivity contribution in [1.82, 2.24) is 4.98 Å². The Hall–Kier alpha value is -2.21. The molecule has 0 atom stereocenters. The Labute approximate surface area is 152 Å². The van der Waals surface area contributed by atoms with Gasteiger partial charge in [-0.2, -0.15) is 0 Å². The number of aliphatic carboxylic acids is 1. The quantitative estimate of drug-likeness (QED) is 0.732. The van der Waals surface area contributed by atoms with E-state index in [0.717, 1.165) is 24.8 Å². The largest absolute Gasteiger partial charge is 0.481 e. The van der Waals surface area contributed by atoms with Gasteiger partial charge in [0.25, 0.3) is 0 Å². The molecule has 0 radical (unpaired) electrons. The van der Waals surface area contributed by atoms with Crippen LogP contribution in [-0.4, -0.2) is 22.0 Å². The lowest BCUT2D eigenvalue weighted by Crippen LogP contribution is -2.21. The molecule has 0 aliphatic rings. The van der Waals surface area contributed by atoms with Crippen LogP contribution in [0.4, 0.5) is 5.13 Å². The van der Waals surface area contributed by atoms with Crippen LogP contribution in [0.3, 0.4) is 0 Å². The van der Waals surface area contributed by atoms with E-state index in [1.807, 2.05) is 38.1 Å². The first-order chi connectivity index (χ1) is 12.0. The minimum atomic E-state index is -0.909. The van der Waals surface area contributed by atoms with Crippen LogP contribution in [0.5, 0.6) is 0 Å². The summed E-state index contributed by atoms with van der Waals surface area (Å²) in [6, 6.07) is 7.93. The first-order valence-corrected chi connectivity index (χ1v) is 9.41. The lowest BCUT2D eigenvalue weighted by atomic mass is 10.0. The molecule has 5 nitrogen and oxygen atoms in total. The van der Waals surface area contributed by atoms with E-state index in [1.54, 1.807) is 0 Å². The molecule has 25 heavy (non-hydrogen) atoms. The number of hydrogen-bond donors (Lipinski definition) is 2. The molecule has 2 N–H and O–H groups in total. The van der Waals surface area contributed by atoms with Crippen LogP contribution in [0.1, 0.15) is 44.1 Å². The number of hydrogen-bond acceptors (Lipinski definition) is 4. The van der Waals surface area contributed by atoms with Crippen molar-refractivity contribution in [2.75, 3.05) is 5.32 Å². The maximum Gasteiger partial charge on any atom is 0.308 e. The van der Waals surface area contributed by atoms with E-state index in [4.69, 9.17) is 5.11 Å². The summed E-state index contributed by atoms with van der Waals surface area (Å²) in [7, 11) is 0. The number of rotatable bonds is 8. The SMILES string of the molecule is CCc1ccc(-c2nc(NC(=O)C(CC)CC)sc2CC(=O)O)cc1. The fourth-order valence-electron chi connectivity index (χ4n) is 2.65. The zero-order valence-electron chi connectivity index (χ0n) is 14.8. The van der Waals surface area contributed by atoms with Gasteiger partial charge in [0.1, 0.15) is 0 Å². The minimum Gasteiger partial charge on any atom is -0.481 e. The third-order valence-electron chi connectivity index (χ3n) is 4.23. The summed E-state index contributed by atoms with van der Waals surface area (Å²) in [4.78, 5) is 28.6. The van der Waals surface area contributed by atoms with E-state index in [9.17, 15) is 9.59 Å². The second kappa shape index (κ2) is 8.76. The van der Waals surface area contributed by atoms with E-state index in [1.165, 1.54) is 16.9 Å². The average molecular weight is 360 g/mol. The Balaban J connectivity index is 2.32. The van der Waals surface area contributed by atoms with Gasteiger partial charge in [-0.3, -0.25) is 9.59 Å². The van der Waals surface area contributed by atoms with Crippen LogP contribution in [-0.2, 0) is 22.4 Å². The number of thiazole rings is 1. The first kappa shape index (κ1) is 19.1. The summed E-state index contributed by atoms with van der Waals surface area (Å²) >= 11 is 1.24. The molecule has 1 aromatic heterocycles. The summed E-state index contributed by atoms with van der Waals surface area (Å²) in [5.74, 6) is -1.03. The van der Waals surface area contributed by atoms with Crippen LogP contribution >= 0.6 is 11.3 Å². The lowest BCUT2D eigenvalue weighted by Gasteiger charge is -2.10. The number of aryl methyl sites for hydroxylation is 1. The Morgan fingerprint density at radius 3 is 2.32 bits per heavy atom. The van der Waals surface area contributed by atoms with E-state index < -0.39 is 5.97 Å². The number of anilines is 1. The van der Waals surface area contributed by atoms with Crippen LogP contribution in [0.15, 0.2) is 24.3 Å². The topological polar surface area (TPSA) is 79.3 Å². The maximum atomic E-state index is 12.3. The summed E-state index contributed by atoms with van der Waals surface area (Å²) in [6.45, 7) is 6.04. The van der Waals surface area contributed by atoms with Crippen molar-refractivity contribution in [3.8, 4) is 11.3 Å². The number of nitrogens with one attached hydrogen (secondary N) is 1. The Kier molecular flexibility index (Phi) is 6.70. The normalized spacial score (nSPS) is 10.9. The van der Waals surface area contributed by atoms with Crippen molar-refractivity contribution in [2.24, 2.45) is 5.92 Å². The second-order valence-corrected chi connectivity index (χ2v) is 7.00. The van der Waals surface area contributed by atoms with Crippen LogP contribution in [0.2, 0.25) is 0 Å². The molecule has 1 aromatic carbocycles. The van der Waals surface area contributed by atoms with Gasteiger partial charge in [-0.1, -0.05) is 45.0 Å². The molecule has 1 amide bonds. The Bertz CT molecular complexity index is 734. The fourth-order valence-corrected chi connectivity index (χ4v) is 3.63. The van der Waals surface area contributed by atoms with Crippen molar-refractivity contribution < 1.29 is 14.7 Å². The number of carbonyl (C=O) groups is 2. The molecule has 0 unspecified atom stereocenters. The van der Waals surface area contributed by atoms with Gasteiger partial charge in [0.15, 0.2) is 5.13 Å². The van der Waals surface area contributed by atoms with Crippen molar-refractivity contribution >= 4 is 28.3 Å². The number of carboxylic acids is 1. The highest BCUT2D eigenvalue weighted by atomic mass is 32.1. The molecule has 6 heteroatoms. The highest BCUT2D eigenvalue weighted by Gasteiger charge is 2.20. The summed E-state index contributed by atoms with van der Waals surface area (Å²) in [5.41, 5.74) is 2.71. The van der Waals surface area contributed by atoms with Crippen molar-refractivity contribution in [1.29, 1.82) is 0 Å². The highest BCUT2D eigenvalue weighted by molar-refractivity contribution is 7.16. The fraction of sp³-hybridized carbons (Fsp3) is 0.421. The van der Waals surface area contributed by atoms with Crippen LogP contribution < -0.4 is 5.32 Å². The van der Waals surface area contributed by atoms with E-state index >= 15 is 0 Å². The van der Waals surface area contributed by atoms with Crippen LogP contribution in [0, 0.1) is 5.92 Å². The van der Waals surface area contributed by atoms with Gasteiger partial charge < -0.3 is 10.4 Å². The maximum absolute atomic E-state index is 12.3. The number of carbonyl (C=O) groups excluding carboxylic acids is 1. The zero-order chi connectivity index (χ0) is 18.4. The molecule has 0 bridgehead atoms. The van der Waals surface area contributed by atoms with Gasteiger partial charge in [0.05, 0.1) is 12.1 Å². The summed E-state index contributed by atoms with van der Waals surface area (Å²) < 4.78 is 0. The average Bonchev–Trinajstić information content (AvgIpc) is 2.97. The van der Waals surface area contributed by atoms with E-state index in [-0.39, 0.29) is 18.2 Å². The number of benzene rings is 1. The molecule has 0 aliphatic carbocycles. The van der Waals surface area contributed by atoms with Crippen molar-refractivity contribution in [3.63, 3.8) is 0 Å². The first-order valence-electron chi connectivity index (χ1n) is 8.60. The van der Waals surface area contributed by atoms with Gasteiger partial charge in [-0.05, 0) is 24.8 Å². The molecule has 0 fully saturated rings. The van der Waals surface area contributed by atoms with Crippen molar-refractivity contribution in [3.05, 3.63) is 34.7 Å². The van der Waals surface area contributed by atoms with Crippen molar-refractivity contribution in [2.45, 2.75) is 46.5 Å². The number of amides is 1. The predicted octanol–water partition coefficient (Wildman–Crippen LogP) is 4.37. The summed E-state index contributed by atoms with van der Waals surface area (Å²) in [5, 5.41) is 12.5. The zero-order valence-corrected chi connectivity index (χ0v) is 15.7. The van der Waals surface area contributed by atoms with Gasteiger partial charge in [0.2, 0.25) is 5.91 Å². The smallest absolute Gasteiger partial charge is 0.308 e. The molecular formula is C19H24N2O3S. The number of aromatic nitrogens is 1. The molecule has 2 rings (SSSR count). The van der Waals surface area contributed by atoms with E-state index in [2.05, 4.69) is 17.2 Å². The van der Waals surface area contributed by atoms with Crippen LogP contribution in [0.25, 0.3) is 11.3 Å². The molecular weight excluding hydrogens is 336 g/mol.